The highest BCUT2D eigenvalue weighted by Gasteiger charge is 2.19. The average Bonchev–Trinajstić information content (AvgIpc) is 3.07. The summed E-state index contributed by atoms with van der Waals surface area (Å²) in [5, 5.41) is 11.6. The fraction of sp³-hybridized carbons (Fsp3) is 0.235. The molecule has 0 aliphatic carbocycles. The van der Waals surface area contributed by atoms with Crippen molar-refractivity contribution in [3.8, 4) is 0 Å². The van der Waals surface area contributed by atoms with E-state index in [1.165, 1.54) is 18.3 Å². The van der Waals surface area contributed by atoms with E-state index < -0.39 is 5.82 Å². The van der Waals surface area contributed by atoms with Crippen LogP contribution in [0.5, 0.6) is 0 Å². The first-order valence-electron chi connectivity index (χ1n) is 7.32. The third-order valence-corrected chi connectivity index (χ3v) is 3.68. The summed E-state index contributed by atoms with van der Waals surface area (Å²) in [6.07, 6.45) is 2.96. The van der Waals surface area contributed by atoms with Gasteiger partial charge in [0.2, 0.25) is 0 Å². The summed E-state index contributed by atoms with van der Waals surface area (Å²) >= 11 is 0. The van der Waals surface area contributed by atoms with Crippen LogP contribution in [0.1, 0.15) is 28.0 Å². The number of hydrogen-bond donors (Lipinski definition) is 2. The van der Waals surface area contributed by atoms with Crippen molar-refractivity contribution in [3.05, 3.63) is 59.2 Å². The lowest BCUT2D eigenvalue weighted by molar-refractivity contribution is 0.112. The van der Waals surface area contributed by atoms with E-state index in [4.69, 9.17) is 10.1 Å². The zero-order valence-electron chi connectivity index (χ0n) is 12.4. The SMILES string of the molecule is N=C(c1cccc(F)c1)c1ncc(C=O)cc1NC1CCOC1. The van der Waals surface area contributed by atoms with Crippen LogP contribution in [-0.4, -0.2) is 36.2 Å². The zero-order chi connectivity index (χ0) is 16.2. The predicted octanol–water partition coefficient (Wildman–Crippen LogP) is 2.65. The Balaban J connectivity index is 1.96. The van der Waals surface area contributed by atoms with Crippen LogP contribution in [0.3, 0.4) is 0 Å². The zero-order valence-corrected chi connectivity index (χ0v) is 12.4. The highest BCUT2D eigenvalue weighted by Crippen LogP contribution is 2.21. The van der Waals surface area contributed by atoms with Crippen molar-refractivity contribution < 1.29 is 13.9 Å². The topological polar surface area (TPSA) is 75.1 Å². The highest BCUT2D eigenvalue weighted by molar-refractivity contribution is 6.12. The molecule has 6 heteroatoms. The van der Waals surface area contributed by atoms with Gasteiger partial charge in [-0.1, -0.05) is 12.1 Å². The van der Waals surface area contributed by atoms with Gasteiger partial charge in [-0.25, -0.2) is 4.39 Å². The average molecular weight is 313 g/mol. The van der Waals surface area contributed by atoms with E-state index in [-0.39, 0.29) is 11.8 Å². The normalized spacial score (nSPS) is 17.0. The number of anilines is 1. The smallest absolute Gasteiger partial charge is 0.151 e. The van der Waals surface area contributed by atoms with Crippen LogP contribution in [0.2, 0.25) is 0 Å². The first-order valence-corrected chi connectivity index (χ1v) is 7.32. The van der Waals surface area contributed by atoms with E-state index in [2.05, 4.69) is 10.3 Å². The number of benzene rings is 1. The van der Waals surface area contributed by atoms with Gasteiger partial charge in [0.25, 0.3) is 0 Å². The van der Waals surface area contributed by atoms with Crippen LogP contribution in [0.4, 0.5) is 10.1 Å². The molecule has 2 N–H and O–H groups in total. The summed E-state index contributed by atoms with van der Waals surface area (Å²) in [7, 11) is 0. The fourth-order valence-corrected chi connectivity index (χ4v) is 2.50. The van der Waals surface area contributed by atoms with Crippen LogP contribution in [0.15, 0.2) is 36.5 Å². The predicted molar refractivity (Wildman–Crippen MR) is 84.8 cm³/mol. The number of hydrogen-bond acceptors (Lipinski definition) is 5. The monoisotopic (exact) mass is 313 g/mol. The van der Waals surface area contributed by atoms with E-state index in [9.17, 15) is 9.18 Å². The maximum atomic E-state index is 13.4. The third-order valence-electron chi connectivity index (χ3n) is 3.68. The Morgan fingerprint density at radius 2 is 2.30 bits per heavy atom. The number of halogens is 1. The molecule has 1 saturated heterocycles. The van der Waals surface area contributed by atoms with Crippen LogP contribution < -0.4 is 5.32 Å². The third kappa shape index (κ3) is 3.43. The van der Waals surface area contributed by atoms with E-state index in [1.54, 1.807) is 18.2 Å². The maximum absolute atomic E-state index is 13.4. The molecule has 0 spiro atoms. The minimum atomic E-state index is -0.407. The molecule has 1 aromatic carbocycles. The van der Waals surface area contributed by atoms with Crippen LogP contribution >= 0.6 is 0 Å². The standard InChI is InChI=1S/C17H16FN3O2/c18-13-3-1-2-12(7-13)16(19)17-15(6-11(9-22)8-20-17)21-14-4-5-23-10-14/h1-3,6-9,14,19,21H,4-5,10H2. The summed E-state index contributed by atoms with van der Waals surface area (Å²) in [6.45, 7) is 1.24. The van der Waals surface area contributed by atoms with Crippen LogP contribution in [-0.2, 0) is 4.74 Å². The number of aldehydes is 1. The van der Waals surface area contributed by atoms with Crippen molar-refractivity contribution in [1.82, 2.24) is 4.98 Å². The van der Waals surface area contributed by atoms with E-state index >= 15 is 0 Å². The highest BCUT2D eigenvalue weighted by atomic mass is 19.1. The molecule has 1 fully saturated rings. The summed E-state index contributed by atoms with van der Waals surface area (Å²) in [6, 6.07) is 7.59. The minimum Gasteiger partial charge on any atom is -0.379 e. The molecule has 2 aromatic rings. The molecule has 23 heavy (non-hydrogen) atoms. The van der Waals surface area contributed by atoms with Crippen LogP contribution in [0, 0.1) is 11.2 Å². The van der Waals surface area contributed by atoms with Gasteiger partial charge in [-0.05, 0) is 24.6 Å². The van der Waals surface area contributed by atoms with E-state index in [0.717, 1.165) is 6.42 Å². The van der Waals surface area contributed by atoms with Crippen molar-refractivity contribution in [2.75, 3.05) is 18.5 Å². The van der Waals surface area contributed by atoms with Gasteiger partial charge in [-0.3, -0.25) is 15.2 Å². The second-order valence-electron chi connectivity index (χ2n) is 5.37. The molecule has 0 saturated carbocycles. The molecule has 2 heterocycles. The molecule has 1 atom stereocenters. The van der Waals surface area contributed by atoms with Gasteiger partial charge in [0.15, 0.2) is 6.29 Å². The molecule has 0 radical (unpaired) electrons. The number of aromatic nitrogens is 1. The first-order chi connectivity index (χ1) is 11.2. The van der Waals surface area contributed by atoms with Gasteiger partial charge in [-0.2, -0.15) is 0 Å². The Morgan fingerprint density at radius 3 is 3.00 bits per heavy atom. The summed E-state index contributed by atoms with van der Waals surface area (Å²) in [5.74, 6) is -0.407. The molecule has 118 valence electrons. The lowest BCUT2D eigenvalue weighted by Crippen LogP contribution is -2.21. The van der Waals surface area contributed by atoms with Crippen molar-refractivity contribution >= 4 is 17.7 Å². The fourth-order valence-electron chi connectivity index (χ4n) is 2.50. The van der Waals surface area contributed by atoms with Gasteiger partial charge in [0.1, 0.15) is 11.5 Å². The molecule has 3 rings (SSSR count). The van der Waals surface area contributed by atoms with Crippen molar-refractivity contribution in [2.24, 2.45) is 0 Å². The Kier molecular flexibility index (Phi) is 4.43. The number of nitrogens with one attached hydrogen (secondary N) is 2. The summed E-state index contributed by atoms with van der Waals surface area (Å²) in [4.78, 5) is 15.2. The number of ether oxygens (including phenoxy) is 1. The Hall–Kier alpha value is -2.60. The summed E-state index contributed by atoms with van der Waals surface area (Å²) in [5.41, 5.74) is 1.92. The molecule has 1 aliphatic rings. The molecule has 0 bridgehead atoms. The molecule has 1 aliphatic heterocycles. The largest absolute Gasteiger partial charge is 0.379 e. The van der Waals surface area contributed by atoms with Gasteiger partial charge in [0, 0.05) is 23.9 Å². The number of carbonyl (C=O) groups is 1. The van der Waals surface area contributed by atoms with Gasteiger partial charge < -0.3 is 10.1 Å². The van der Waals surface area contributed by atoms with Gasteiger partial charge in [-0.15, -0.1) is 0 Å². The lowest BCUT2D eigenvalue weighted by atomic mass is 10.0. The second kappa shape index (κ2) is 6.66. The van der Waals surface area contributed by atoms with Crippen LogP contribution in [0.25, 0.3) is 0 Å². The maximum Gasteiger partial charge on any atom is 0.151 e. The molecular formula is C17H16FN3O2. The Morgan fingerprint density at radius 1 is 1.43 bits per heavy atom. The van der Waals surface area contributed by atoms with Gasteiger partial charge >= 0.3 is 0 Å². The number of carbonyl (C=O) groups excluding carboxylic acids is 1. The second-order valence-corrected chi connectivity index (χ2v) is 5.37. The lowest BCUT2D eigenvalue weighted by Gasteiger charge is -2.16. The van der Waals surface area contributed by atoms with Crippen molar-refractivity contribution in [1.29, 1.82) is 5.41 Å². The summed E-state index contributed by atoms with van der Waals surface area (Å²) < 4.78 is 18.7. The molecule has 1 unspecified atom stereocenters. The molecule has 5 nitrogen and oxygen atoms in total. The molecule has 0 amide bonds. The van der Waals surface area contributed by atoms with Crippen molar-refractivity contribution in [2.45, 2.75) is 12.5 Å². The molecular weight excluding hydrogens is 297 g/mol. The minimum absolute atomic E-state index is 0.100. The first kappa shape index (κ1) is 15.3. The van der Waals surface area contributed by atoms with Crippen molar-refractivity contribution in [3.63, 3.8) is 0 Å². The van der Waals surface area contributed by atoms with Gasteiger partial charge in [0.05, 0.1) is 24.0 Å². The Bertz CT molecular complexity index is 742. The van der Waals surface area contributed by atoms with E-state index in [1.807, 2.05) is 0 Å². The molecule has 1 aromatic heterocycles. The quantitative estimate of drug-likeness (QED) is 0.657. The number of pyridine rings is 1. The van der Waals surface area contributed by atoms with E-state index in [0.29, 0.717) is 42.0 Å². The number of nitrogens with zero attached hydrogens (tertiary/aromatic N) is 1. The Labute approximate surface area is 133 Å². The number of rotatable bonds is 5.